The number of amides is 4. The summed E-state index contributed by atoms with van der Waals surface area (Å²) in [6.45, 7) is 14.1. The summed E-state index contributed by atoms with van der Waals surface area (Å²) < 4.78 is 5.05. The van der Waals surface area contributed by atoms with Crippen LogP contribution in [0.5, 0.6) is 0 Å². The highest BCUT2D eigenvalue weighted by atomic mass is 16.6. The number of nitrogens with one attached hydrogen (secondary N) is 2. The number of hydrogen-bond acceptors (Lipinski definition) is 6. The first-order chi connectivity index (χ1) is 14.0. The monoisotopic (exact) mass is 443 g/mol. The molecule has 4 N–H and O–H groups in total. The van der Waals surface area contributed by atoms with Crippen molar-refractivity contribution < 1.29 is 23.9 Å². The fourth-order valence-electron chi connectivity index (χ4n) is 2.86. The molecule has 0 saturated heterocycles. The fraction of sp³-hybridized carbons (Fsp3) is 0.810. The van der Waals surface area contributed by atoms with Crippen LogP contribution in [0, 0.1) is 11.8 Å². The zero-order valence-electron chi connectivity index (χ0n) is 20.6. The lowest BCUT2D eigenvalue weighted by Gasteiger charge is -2.36. The number of likely N-dealkylation sites (N-methyl/N-ethyl adjacent to an activating group) is 2. The third-order valence-corrected chi connectivity index (χ3v) is 5.19. The molecule has 0 bridgehead atoms. The predicted octanol–water partition coefficient (Wildman–Crippen LogP) is 1.25. The summed E-state index contributed by atoms with van der Waals surface area (Å²) >= 11 is 0. The minimum absolute atomic E-state index is 0.0285. The van der Waals surface area contributed by atoms with E-state index in [9.17, 15) is 19.2 Å². The molecule has 0 unspecified atom stereocenters. The van der Waals surface area contributed by atoms with Gasteiger partial charge in [-0.2, -0.15) is 0 Å². The molecule has 0 spiro atoms. The third-order valence-electron chi connectivity index (χ3n) is 5.19. The van der Waals surface area contributed by atoms with Crippen molar-refractivity contribution in [3.05, 3.63) is 0 Å². The molecule has 180 valence electrons. The highest BCUT2D eigenvalue weighted by Crippen LogP contribution is 2.17. The van der Waals surface area contributed by atoms with Gasteiger partial charge in [-0.1, -0.05) is 34.1 Å². The first-order valence-corrected chi connectivity index (χ1v) is 10.6. The largest absolute Gasteiger partial charge is 0.443 e. The van der Waals surface area contributed by atoms with E-state index in [2.05, 4.69) is 10.9 Å². The van der Waals surface area contributed by atoms with Crippen LogP contribution in [0.15, 0.2) is 0 Å². The van der Waals surface area contributed by atoms with Crippen LogP contribution in [0.25, 0.3) is 0 Å². The van der Waals surface area contributed by atoms with Crippen molar-refractivity contribution in [3.63, 3.8) is 0 Å². The first-order valence-electron chi connectivity index (χ1n) is 10.6. The van der Waals surface area contributed by atoms with E-state index in [1.807, 2.05) is 27.7 Å². The van der Waals surface area contributed by atoms with Crippen LogP contribution in [0.2, 0.25) is 0 Å². The molecule has 10 heteroatoms. The average Bonchev–Trinajstić information content (AvgIpc) is 2.67. The van der Waals surface area contributed by atoms with E-state index in [0.717, 1.165) is 6.42 Å². The standard InChI is InChI=1S/C21H41N5O5/c1-11-13(4)15(22)18(28)26(10)16(12(2)3)19(29)25(9)14(5)17(27)23-24-20(30)31-21(6,7)8/h12-16H,11,22H2,1-10H3,(H,23,27)(H,24,30)/t13-,14-,15-,16-/m0/s1. The SMILES string of the molecule is CC[C@H](C)[C@H](N)C(=O)N(C)[C@H](C(=O)N(C)[C@@H](C)C(=O)NNC(=O)OC(C)(C)C)C(C)C. The van der Waals surface area contributed by atoms with Crippen LogP contribution in [-0.2, 0) is 19.1 Å². The molecule has 10 nitrogen and oxygen atoms in total. The summed E-state index contributed by atoms with van der Waals surface area (Å²) in [6.07, 6.45) is -0.0746. The minimum atomic E-state index is -0.907. The topological polar surface area (TPSA) is 134 Å². The van der Waals surface area contributed by atoms with Gasteiger partial charge in [-0.25, -0.2) is 10.2 Å². The maximum absolute atomic E-state index is 13.2. The van der Waals surface area contributed by atoms with E-state index in [1.165, 1.54) is 23.8 Å². The van der Waals surface area contributed by atoms with Crippen molar-refractivity contribution in [3.8, 4) is 0 Å². The summed E-state index contributed by atoms with van der Waals surface area (Å²) in [5, 5.41) is 0. The van der Waals surface area contributed by atoms with E-state index < -0.39 is 41.6 Å². The molecule has 0 radical (unpaired) electrons. The Kier molecular flexibility index (Phi) is 11.0. The average molecular weight is 444 g/mol. The molecule has 0 fully saturated rings. The second-order valence-corrected chi connectivity index (χ2v) is 9.29. The Morgan fingerprint density at radius 3 is 1.87 bits per heavy atom. The Morgan fingerprint density at radius 2 is 1.45 bits per heavy atom. The second-order valence-electron chi connectivity index (χ2n) is 9.29. The summed E-state index contributed by atoms with van der Waals surface area (Å²) in [5.41, 5.74) is 9.76. The Morgan fingerprint density at radius 1 is 0.935 bits per heavy atom. The van der Waals surface area contributed by atoms with Gasteiger partial charge in [0, 0.05) is 14.1 Å². The molecule has 0 saturated carbocycles. The number of rotatable bonds is 8. The summed E-state index contributed by atoms with van der Waals surface area (Å²) in [5.74, 6) is -1.56. The molecule has 4 amide bonds. The molecule has 0 aromatic rings. The number of hydrazine groups is 1. The summed E-state index contributed by atoms with van der Waals surface area (Å²) in [6, 6.07) is -2.41. The molecular formula is C21H41N5O5. The van der Waals surface area contributed by atoms with Crippen LogP contribution in [0.4, 0.5) is 4.79 Å². The predicted molar refractivity (Wildman–Crippen MR) is 119 cm³/mol. The van der Waals surface area contributed by atoms with Gasteiger partial charge in [0.2, 0.25) is 11.8 Å². The molecule has 0 aromatic heterocycles. The zero-order valence-corrected chi connectivity index (χ0v) is 20.6. The van der Waals surface area contributed by atoms with Crippen molar-refractivity contribution in [2.24, 2.45) is 17.6 Å². The Balaban J connectivity index is 5.24. The van der Waals surface area contributed by atoms with Crippen LogP contribution in [0.3, 0.4) is 0 Å². The van der Waals surface area contributed by atoms with Gasteiger partial charge in [-0.3, -0.25) is 19.8 Å². The molecule has 31 heavy (non-hydrogen) atoms. The molecule has 4 atom stereocenters. The highest BCUT2D eigenvalue weighted by Gasteiger charge is 2.37. The maximum Gasteiger partial charge on any atom is 0.426 e. The molecule has 0 rings (SSSR count). The molecule has 0 aliphatic rings. The Hall–Kier alpha value is -2.36. The zero-order chi connectivity index (χ0) is 24.7. The first kappa shape index (κ1) is 28.6. The fourth-order valence-corrected chi connectivity index (χ4v) is 2.86. The Bertz CT molecular complexity index is 647. The van der Waals surface area contributed by atoms with Gasteiger partial charge in [0.05, 0.1) is 6.04 Å². The number of carbonyl (C=O) groups is 4. The van der Waals surface area contributed by atoms with Crippen LogP contribution in [0.1, 0.15) is 61.8 Å². The van der Waals surface area contributed by atoms with Crippen LogP contribution >= 0.6 is 0 Å². The smallest absolute Gasteiger partial charge is 0.426 e. The van der Waals surface area contributed by atoms with E-state index >= 15 is 0 Å². The van der Waals surface area contributed by atoms with Gasteiger partial charge >= 0.3 is 6.09 Å². The molecule has 0 aliphatic carbocycles. The number of nitrogens with zero attached hydrogens (tertiary/aromatic N) is 2. The molecular weight excluding hydrogens is 402 g/mol. The lowest BCUT2D eigenvalue weighted by Crippen LogP contribution is -2.59. The van der Waals surface area contributed by atoms with E-state index in [-0.39, 0.29) is 17.7 Å². The lowest BCUT2D eigenvalue weighted by atomic mass is 9.95. The summed E-state index contributed by atoms with van der Waals surface area (Å²) in [7, 11) is 3.03. The number of hydrogen-bond donors (Lipinski definition) is 3. The van der Waals surface area contributed by atoms with E-state index in [4.69, 9.17) is 10.5 Å². The van der Waals surface area contributed by atoms with Gasteiger partial charge in [-0.05, 0) is 39.5 Å². The lowest BCUT2D eigenvalue weighted by molar-refractivity contribution is -0.149. The number of nitrogens with two attached hydrogens (primary N) is 1. The van der Waals surface area contributed by atoms with Crippen molar-refractivity contribution >= 4 is 23.8 Å². The van der Waals surface area contributed by atoms with Gasteiger partial charge < -0.3 is 20.3 Å². The molecule has 0 aromatic carbocycles. The maximum atomic E-state index is 13.2. The second kappa shape index (κ2) is 11.9. The van der Waals surface area contributed by atoms with Gasteiger partial charge in [-0.15, -0.1) is 0 Å². The van der Waals surface area contributed by atoms with Crippen molar-refractivity contribution in [2.75, 3.05) is 14.1 Å². The van der Waals surface area contributed by atoms with Crippen molar-refractivity contribution in [2.45, 2.75) is 85.5 Å². The Labute approximate surface area is 186 Å². The number of carbonyl (C=O) groups excluding carboxylic acids is 4. The van der Waals surface area contributed by atoms with Gasteiger partial charge in [0.1, 0.15) is 17.7 Å². The summed E-state index contributed by atoms with van der Waals surface area (Å²) in [4.78, 5) is 52.7. The van der Waals surface area contributed by atoms with E-state index in [1.54, 1.807) is 27.8 Å². The normalized spacial score (nSPS) is 15.4. The third kappa shape index (κ3) is 8.72. The highest BCUT2D eigenvalue weighted by molar-refractivity contribution is 5.93. The van der Waals surface area contributed by atoms with E-state index in [0.29, 0.717) is 0 Å². The van der Waals surface area contributed by atoms with Gasteiger partial charge in [0.25, 0.3) is 5.91 Å². The van der Waals surface area contributed by atoms with Gasteiger partial charge in [0.15, 0.2) is 0 Å². The molecule has 0 heterocycles. The van der Waals surface area contributed by atoms with Crippen molar-refractivity contribution in [1.29, 1.82) is 0 Å². The quantitative estimate of drug-likeness (QED) is 0.483. The van der Waals surface area contributed by atoms with Crippen LogP contribution in [-0.4, -0.2) is 71.4 Å². The van der Waals surface area contributed by atoms with Crippen molar-refractivity contribution in [1.82, 2.24) is 20.7 Å². The number of ether oxygens (including phenoxy) is 1. The molecule has 0 aliphatic heterocycles. The van der Waals surface area contributed by atoms with Crippen LogP contribution < -0.4 is 16.6 Å². The minimum Gasteiger partial charge on any atom is -0.443 e.